The standard InChI is InChI=1S/C12H21N3OS/c1-8(2)10-7-17-12(15-10)14-6-5-13-11(16)9-3-4-9/h8-10H,3-7H2,1-2H3,(H,13,16)(H,14,15)/t10-/m1/s1. The molecule has 0 aromatic carbocycles. The van der Waals surface area contributed by atoms with Gasteiger partial charge in [-0.2, -0.15) is 0 Å². The second-order valence-electron chi connectivity index (χ2n) is 5.06. The van der Waals surface area contributed by atoms with Crippen molar-refractivity contribution >= 4 is 22.8 Å². The van der Waals surface area contributed by atoms with Crippen molar-refractivity contribution in [2.75, 3.05) is 18.8 Å². The van der Waals surface area contributed by atoms with E-state index in [4.69, 9.17) is 0 Å². The van der Waals surface area contributed by atoms with E-state index < -0.39 is 0 Å². The van der Waals surface area contributed by atoms with E-state index in [1.54, 1.807) is 11.8 Å². The summed E-state index contributed by atoms with van der Waals surface area (Å²) in [5, 5.41) is 7.37. The summed E-state index contributed by atoms with van der Waals surface area (Å²) in [6, 6.07) is 0.541. The third-order valence-electron chi connectivity index (χ3n) is 3.13. The maximum absolute atomic E-state index is 11.4. The van der Waals surface area contributed by atoms with E-state index in [-0.39, 0.29) is 5.91 Å². The normalized spacial score (nSPS) is 26.3. The van der Waals surface area contributed by atoms with Crippen LogP contribution >= 0.6 is 11.8 Å². The fourth-order valence-electron chi connectivity index (χ4n) is 1.69. The topological polar surface area (TPSA) is 53.5 Å². The van der Waals surface area contributed by atoms with Gasteiger partial charge in [0, 0.05) is 24.3 Å². The number of hydrogen-bond donors (Lipinski definition) is 2. The summed E-state index contributed by atoms with van der Waals surface area (Å²) >= 11 is 1.78. The van der Waals surface area contributed by atoms with Gasteiger partial charge < -0.3 is 10.6 Å². The minimum Gasteiger partial charge on any atom is -0.361 e. The van der Waals surface area contributed by atoms with Crippen LogP contribution in [-0.2, 0) is 4.79 Å². The molecule has 2 fully saturated rings. The quantitative estimate of drug-likeness (QED) is 0.727. The average molecular weight is 255 g/mol. The molecule has 0 aromatic rings. The third-order valence-corrected chi connectivity index (χ3v) is 4.17. The molecule has 4 nitrogen and oxygen atoms in total. The van der Waals surface area contributed by atoms with E-state index in [9.17, 15) is 4.79 Å². The highest BCUT2D eigenvalue weighted by Crippen LogP contribution is 2.28. The van der Waals surface area contributed by atoms with Gasteiger partial charge in [-0.15, -0.1) is 0 Å². The van der Waals surface area contributed by atoms with E-state index in [1.165, 1.54) is 0 Å². The SMILES string of the molecule is CC(C)[C@H]1CSC(=NCCNC(=O)C2CC2)N1. The number of carbonyl (C=O) groups is 1. The van der Waals surface area contributed by atoms with E-state index in [0.29, 0.717) is 31.0 Å². The molecule has 1 aliphatic carbocycles. The third kappa shape index (κ3) is 3.91. The second kappa shape index (κ2) is 5.76. The molecule has 1 heterocycles. The van der Waals surface area contributed by atoms with Gasteiger partial charge in [0.05, 0.1) is 6.54 Å². The van der Waals surface area contributed by atoms with Crippen LogP contribution in [0, 0.1) is 11.8 Å². The summed E-state index contributed by atoms with van der Waals surface area (Å²) in [4.78, 5) is 15.8. The van der Waals surface area contributed by atoms with Gasteiger partial charge in [-0.25, -0.2) is 0 Å². The monoisotopic (exact) mass is 255 g/mol. The Morgan fingerprint density at radius 2 is 2.35 bits per heavy atom. The Morgan fingerprint density at radius 3 is 2.94 bits per heavy atom. The maximum atomic E-state index is 11.4. The van der Waals surface area contributed by atoms with E-state index in [1.807, 2.05) is 0 Å². The first-order chi connectivity index (χ1) is 8.16. The molecule has 2 rings (SSSR count). The molecule has 0 bridgehead atoms. The van der Waals surface area contributed by atoms with Crippen molar-refractivity contribution in [3.05, 3.63) is 0 Å². The van der Waals surface area contributed by atoms with E-state index in [2.05, 4.69) is 29.5 Å². The van der Waals surface area contributed by atoms with Crippen molar-refractivity contribution < 1.29 is 4.79 Å². The highest BCUT2D eigenvalue weighted by atomic mass is 32.2. The molecule has 1 amide bonds. The zero-order chi connectivity index (χ0) is 12.3. The Balaban J connectivity index is 1.62. The Hall–Kier alpha value is -0.710. The molecule has 0 spiro atoms. The van der Waals surface area contributed by atoms with Crippen molar-refractivity contribution in [3.63, 3.8) is 0 Å². The molecule has 96 valence electrons. The van der Waals surface area contributed by atoms with Crippen LogP contribution < -0.4 is 10.6 Å². The number of thioether (sulfide) groups is 1. The minimum atomic E-state index is 0.206. The lowest BCUT2D eigenvalue weighted by Crippen LogP contribution is -2.32. The lowest BCUT2D eigenvalue weighted by atomic mass is 10.1. The molecular weight excluding hydrogens is 234 g/mol. The number of carbonyl (C=O) groups excluding carboxylic acids is 1. The maximum Gasteiger partial charge on any atom is 0.223 e. The number of rotatable bonds is 5. The molecule has 2 N–H and O–H groups in total. The summed E-state index contributed by atoms with van der Waals surface area (Å²) < 4.78 is 0. The van der Waals surface area contributed by atoms with Gasteiger partial charge in [-0.05, 0) is 18.8 Å². The molecular formula is C12H21N3OS. The van der Waals surface area contributed by atoms with Gasteiger partial charge in [-0.3, -0.25) is 9.79 Å². The van der Waals surface area contributed by atoms with Crippen LogP contribution in [0.25, 0.3) is 0 Å². The van der Waals surface area contributed by atoms with Gasteiger partial charge in [0.15, 0.2) is 5.17 Å². The first kappa shape index (κ1) is 12.7. The molecule has 1 saturated carbocycles. The van der Waals surface area contributed by atoms with Crippen LogP contribution in [0.3, 0.4) is 0 Å². The summed E-state index contributed by atoms with van der Waals surface area (Å²) in [5.41, 5.74) is 0. The number of nitrogens with one attached hydrogen (secondary N) is 2. The van der Waals surface area contributed by atoms with Crippen LogP contribution in [0.4, 0.5) is 0 Å². The van der Waals surface area contributed by atoms with Crippen molar-refractivity contribution in [1.29, 1.82) is 0 Å². The lowest BCUT2D eigenvalue weighted by molar-refractivity contribution is -0.122. The van der Waals surface area contributed by atoms with Gasteiger partial charge >= 0.3 is 0 Å². The number of nitrogens with zero attached hydrogens (tertiary/aromatic N) is 1. The molecule has 0 unspecified atom stereocenters. The summed E-state index contributed by atoms with van der Waals surface area (Å²) in [7, 11) is 0. The van der Waals surface area contributed by atoms with Gasteiger partial charge in [0.1, 0.15) is 0 Å². The Kier molecular flexibility index (Phi) is 4.31. The van der Waals surface area contributed by atoms with Crippen molar-refractivity contribution in [1.82, 2.24) is 10.6 Å². The molecule has 1 aliphatic heterocycles. The van der Waals surface area contributed by atoms with Crippen molar-refractivity contribution in [3.8, 4) is 0 Å². The molecule has 1 atom stereocenters. The second-order valence-corrected chi connectivity index (χ2v) is 6.07. The lowest BCUT2D eigenvalue weighted by Gasteiger charge is -2.13. The van der Waals surface area contributed by atoms with Crippen LogP contribution in [0.2, 0.25) is 0 Å². The minimum absolute atomic E-state index is 0.206. The van der Waals surface area contributed by atoms with Crippen LogP contribution in [0.15, 0.2) is 4.99 Å². The Bertz CT molecular complexity index is 313. The molecule has 2 aliphatic rings. The number of hydrogen-bond acceptors (Lipinski definition) is 3. The van der Waals surface area contributed by atoms with Gasteiger partial charge in [0.2, 0.25) is 5.91 Å². The summed E-state index contributed by atoms with van der Waals surface area (Å²) in [6.07, 6.45) is 2.13. The van der Waals surface area contributed by atoms with Crippen LogP contribution in [0.1, 0.15) is 26.7 Å². The van der Waals surface area contributed by atoms with Gasteiger partial charge in [-0.1, -0.05) is 25.6 Å². The zero-order valence-electron chi connectivity index (χ0n) is 10.5. The number of amidine groups is 1. The van der Waals surface area contributed by atoms with Crippen molar-refractivity contribution in [2.45, 2.75) is 32.7 Å². The number of amides is 1. The fourth-order valence-corrected chi connectivity index (χ4v) is 2.91. The molecule has 1 saturated heterocycles. The zero-order valence-corrected chi connectivity index (χ0v) is 11.3. The first-order valence-electron chi connectivity index (χ1n) is 6.38. The highest BCUT2D eigenvalue weighted by Gasteiger charge is 2.29. The smallest absolute Gasteiger partial charge is 0.223 e. The van der Waals surface area contributed by atoms with E-state index in [0.717, 1.165) is 23.8 Å². The molecule has 5 heteroatoms. The Labute approximate surface area is 107 Å². The number of aliphatic imine (C=N–C) groups is 1. The Morgan fingerprint density at radius 1 is 1.59 bits per heavy atom. The molecule has 17 heavy (non-hydrogen) atoms. The first-order valence-corrected chi connectivity index (χ1v) is 7.37. The largest absolute Gasteiger partial charge is 0.361 e. The van der Waals surface area contributed by atoms with E-state index >= 15 is 0 Å². The average Bonchev–Trinajstić information content (AvgIpc) is 3.03. The predicted octanol–water partition coefficient (Wildman–Crippen LogP) is 1.23. The molecule has 0 radical (unpaired) electrons. The summed E-state index contributed by atoms with van der Waals surface area (Å²) in [5.74, 6) is 2.25. The van der Waals surface area contributed by atoms with Crippen LogP contribution in [0.5, 0.6) is 0 Å². The fraction of sp³-hybridized carbons (Fsp3) is 0.833. The van der Waals surface area contributed by atoms with Gasteiger partial charge in [0.25, 0.3) is 0 Å². The van der Waals surface area contributed by atoms with Crippen LogP contribution in [-0.4, -0.2) is 36.0 Å². The highest BCUT2D eigenvalue weighted by molar-refractivity contribution is 8.14. The predicted molar refractivity (Wildman–Crippen MR) is 72.3 cm³/mol. The summed E-state index contributed by atoms with van der Waals surface area (Å²) in [6.45, 7) is 5.78. The molecule has 0 aromatic heterocycles. The van der Waals surface area contributed by atoms with Crippen molar-refractivity contribution in [2.24, 2.45) is 16.8 Å².